The van der Waals surface area contributed by atoms with E-state index in [0.717, 1.165) is 62.8 Å². The van der Waals surface area contributed by atoms with E-state index >= 15 is 0 Å². The number of ether oxygens (including phenoxy) is 1. The molecule has 1 saturated heterocycles. The van der Waals surface area contributed by atoms with Crippen LogP contribution in [-0.4, -0.2) is 92.7 Å². The number of piperazine rings is 1. The van der Waals surface area contributed by atoms with E-state index in [2.05, 4.69) is 34.6 Å². The van der Waals surface area contributed by atoms with Crippen molar-refractivity contribution in [2.24, 2.45) is 0 Å². The Morgan fingerprint density at radius 3 is 2.72 bits per heavy atom. The SMILES string of the molecule is CCOCCn1c(CN2CCN(CCNC(=O)c3cnccn3)CC2)nc2cccnc21. The maximum absolute atomic E-state index is 12.1. The lowest BCUT2D eigenvalue weighted by Gasteiger charge is -2.34. The number of fused-ring (bicyclic) bond motifs is 1. The normalized spacial score (nSPS) is 15.3. The first-order chi connectivity index (χ1) is 15.7. The van der Waals surface area contributed by atoms with Crippen LogP contribution < -0.4 is 5.32 Å². The predicted octanol–water partition coefficient (Wildman–Crippen LogP) is 0.805. The summed E-state index contributed by atoms with van der Waals surface area (Å²) in [7, 11) is 0. The highest BCUT2D eigenvalue weighted by Gasteiger charge is 2.20. The maximum atomic E-state index is 12.1. The predicted molar refractivity (Wildman–Crippen MR) is 120 cm³/mol. The van der Waals surface area contributed by atoms with Crippen molar-refractivity contribution in [3.05, 3.63) is 48.4 Å². The molecule has 4 rings (SSSR count). The van der Waals surface area contributed by atoms with Crippen molar-refractivity contribution in [3.8, 4) is 0 Å². The first-order valence-corrected chi connectivity index (χ1v) is 11.1. The molecule has 0 unspecified atom stereocenters. The Balaban J connectivity index is 1.26. The Morgan fingerprint density at radius 1 is 1.09 bits per heavy atom. The first-order valence-electron chi connectivity index (χ1n) is 11.1. The number of aromatic nitrogens is 5. The summed E-state index contributed by atoms with van der Waals surface area (Å²) < 4.78 is 7.74. The molecule has 0 bridgehead atoms. The number of hydrogen-bond donors (Lipinski definition) is 1. The van der Waals surface area contributed by atoms with Crippen molar-refractivity contribution in [1.29, 1.82) is 0 Å². The van der Waals surface area contributed by atoms with E-state index in [1.165, 1.54) is 12.4 Å². The monoisotopic (exact) mass is 438 g/mol. The molecule has 4 heterocycles. The van der Waals surface area contributed by atoms with Crippen molar-refractivity contribution in [2.75, 3.05) is 52.5 Å². The maximum Gasteiger partial charge on any atom is 0.271 e. The molecule has 10 nitrogen and oxygen atoms in total. The molecule has 1 amide bonds. The number of carbonyl (C=O) groups is 1. The van der Waals surface area contributed by atoms with Gasteiger partial charge in [-0.2, -0.15) is 0 Å². The topological polar surface area (TPSA) is 101 Å². The van der Waals surface area contributed by atoms with E-state index in [1.54, 1.807) is 6.20 Å². The third-order valence-corrected chi connectivity index (χ3v) is 5.59. The zero-order valence-corrected chi connectivity index (χ0v) is 18.5. The number of nitrogens with zero attached hydrogens (tertiary/aromatic N) is 7. The molecule has 3 aromatic heterocycles. The Bertz CT molecular complexity index is 1000. The van der Waals surface area contributed by atoms with Crippen molar-refractivity contribution in [1.82, 2.24) is 39.6 Å². The number of nitrogens with one attached hydrogen (secondary N) is 1. The minimum absolute atomic E-state index is 0.184. The molecule has 0 spiro atoms. The molecule has 0 radical (unpaired) electrons. The van der Waals surface area contributed by atoms with E-state index in [9.17, 15) is 4.79 Å². The Morgan fingerprint density at radius 2 is 1.94 bits per heavy atom. The number of hydrogen-bond acceptors (Lipinski definition) is 8. The number of pyridine rings is 1. The molecular formula is C22H30N8O2. The Hall–Kier alpha value is -2.95. The average molecular weight is 439 g/mol. The molecule has 32 heavy (non-hydrogen) atoms. The number of imidazole rings is 1. The highest BCUT2D eigenvalue weighted by Crippen LogP contribution is 2.16. The fourth-order valence-electron chi connectivity index (χ4n) is 3.87. The van der Waals surface area contributed by atoms with E-state index in [1.807, 2.05) is 25.3 Å². The van der Waals surface area contributed by atoms with Gasteiger partial charge < -0.3 is 14.6 Å². The van der Waals surface area contributed by atoms with Gasteiger partial charge in [-0.25, -0.2) is 15.0 Å². The molecule has 1 fully saturated rings. The van der Waals surface area contributed by atoms with Gasteiger partial charge >= 0.3 is 0 Å². The molecular weight excluding hydrogens is 408 g/mol. The fourth-order valence-corrected chi connectivity index (χ4v) is 3.87. The average Bonchev–Trinajstić information content (AvgIpc) is 3.18. The summed E-state index contributed by atoms with van der Waals surface area (Å²) in [6.45, 7) is 10.1. The summed E-state index contributed by atoms with van der Waals surface area (Å²) in [6, 6.07) is 3.93. The highest BCUT2D eigenvalue weighted by atomic mass is 16.5. The van der Waals surface area contributed by atoms with Crippen LogP contribution in [0, 0.1) is 0 Å². The van der Waals surface area contributed by atoms with Crippen molar-refractivity contribution < 1.29 is 9.53 Å². The quantitative estimate of drug-likeness (QED) is 0.464. The summed E-state index contributed by atoms with van der Waals surface area (Å²) in [5.41, 5.74) is 2.19. The van der Waals surface area contributed by atoms with Crippen LogP contribution in [0.5, 0.6) is 0 Å². The van der Waals surface area contributed by atoms with Gasteiger partial charge in [-0.1, -0.05) is 0 Å². The van der Waals surface area contributed by atoms with Gasteiger partial charge in [0.05, 0.1) is 19.3 Å². The van der Waals surface area contributed by atoms with Gasteiger partial charge in [-0.15, -0.1) is 0 Å². The fraction of sp³-hybridized carbons (Fsp3) is 0.500. The molecule has 170 valence electrons. The van der Waals surface area contributed by atoms with Gasteiger partial charge in [0, 0.05) is 71.0 Å². The highest BCUT2D eigenvalue weighted by molar-refractivity contribution is 5.91. The second-order valence-electron chi connectivity index (χ2n) is 7.69. The minimum atomic E-state index is -0.184. The molecule has 1 aliphatic rings. The molecule has 3 aromatic rings. The van der Waals surface area contributed by atoms with Gasteiger partial charge in [0.25, 0.3) is 5.91 Å². The van der Waals surface area contributed by atoms with Crippen LogP contribution in [0.3, 0.4) is 0 Å². The molecule has 0 aromatic carbocycles. The summed E-state index contributed by atoms with van der Waals surface area (Å²) in [4.78, 5) is 34.2. The van der Waals surface area contributed by atoms with Crippen molar-refractivity contribution >= 4 is 17.1 Å². The number of amides is 1. The van der Waals surface area contributed by atoms with E-state index in [0.29, 0.717) is 25.5 Å². The molecule has 1 aliphatic heterocycles. The summed E-state index contributed by atoms with van der Waals surface area (Å²) in [6.07, 6.45) is 6.37. The Kier molecular flexibility index (Phi) is 7.70. The van der Waals surface area contributed by atoms with Crippen LogP contribution in [0.2, 0.25) is 0 Å². The number of rotatable bonds is 10. The van der Waals surface area contributed by atoms with Crippen LogP contribution in [0.4, 0.5) is 0 Å². The molecule has 0 saturated carbocycles. The summed E-state index contributed by atoms with van der Waals surface area (Å²) in [5, 5.41) is 2.92. The zero-order valence-electron chi connectivity index (χ0n) is 18.5. The van der Waals surface area contributed by atoms with Crippen LogP contribution >= 0.6 is 0 Å². The van der Waals surface area contributed by atoms with Crippen LogP contribution in [0.25, 0.3) is 11.2 Å². The summed E-state index contributed by atoms with van der Waals surface area (Å²) in [5.74, 6) is 0.847. The lowest BCUT2D eigenvalue weighted by Crippen LogP contribution is -2.48. The molecule has 0 aliphatic carbocycles. The van der Waals surface area contributed by atoms with E-state index in [-0.39, 0.29) is 5.91 Å². The van der Waals surface area contributed by atoms with Crippen LogP contribution in [-0.2, 0) is 17.8 Å². The van der Waals surface area contributed by atoms with Gasteiger partial charge in [-0.05, 0) is 19.1 Å². The summed E-state index contributed by atoms with van der Waals surface area (Å²) >= 11 is 0. The molecule has 0 atom stereocenters. The largest absolute Gasteiger partial charge is 0.380 e. The second kappa shape index (κ2) is 11.1. The van der Waals surface area contributed by atoms with Gasteiger partial charge in [0.2, 0.25) is 0 Å². The van der Waals surface area contributed by atoms with E-state index < -0.39 is 0 Å². The third-order valence-electron chi connectivity index (χ3n) is 5.59. The lowest BCUT2D eigenvalue weighted by molar-refractivity contribution is 0.0927. The van der Waals surface area contributed by atoms with Crippen LogP contribution in [0.15, 0.2) is 36.9 Å². The Labute approximate surface area is 187 Å². The third kappa shape index (κ3) is 5.64. The van der Waals surface area contributed by atoms with Crippen LogP contribution in [0.1, 0.15) is 23.2 Å². The minimum Gasteiger partial charge on any atom is -0.380 e. The molecule has 1 N–H and O–H groups in total. The smallest absolute Gasteiger partial charge is 0.271 e. The van der Waals surface area contributed by atoms with Gasteiger partial charge in [0.15, 0.2) is 5.65 Å². The zero-order chi connectivity index (χ0) is 22.2. The van der Waals surface area contributed by atoms with Crippen molar-refractivity contribution in [3.63, 3.8) is 0 Å². The van der Waals surface area contributed by atoms with Gasteiger partial charge in [-0.3, -0.25) is 19.6 Å². The van der Waals surface area contributed by atoms with E-state index in [4.69, 9.17) is 9.72 Å². The van der Waals surface area contributed by atoms with Crippen molar-refractivity contribution in [2.45, 2.75) is 20.0 Å². The first kappa shape index (κ1) is 22.3. The second-order valence-corrected chi connectivity index (χ2v) is 7.69. The number of carbonyl (C=O) groups excluding carboxylic acids is 1. The van der Waals surface area contributed by atoms with Gasteiger partial charge in [0.1, 0.15) is 17.0 Å². The molecule has 10 heteroatoms. The standard InChI is InChI=1S/C22H30N8O2/c1-2-32-15-14-30-20(27-18-4-3-5-25-21(18)30)17-29-12-10-28(11-13-29)9-8-26-22(31)19-16-23-6-7-24-19/h3-7,16H,2,8-15,17H2,1H3,(H,26,31). The lowest BCUT2D eigenvalue weighted by atomic mass is 10.3.